The van der Waals surface area contributed by atoms with Crippen LogP contribution in [0.15, 0.2) is 17.1 Å². The van der Waals surface area contributed by atoms with Crippen molar-refractivity contribution in [2.75, 3.05) is 32.1 Å². The number of phosphoric ester groups is 2. The SMILES string of the molecule is Nc1ccn(C2OC(COP(=O)(O)OC3(C(=O)O)CC(O)C(NC(=O)CNC(=O)C[C@@H]4OC(COP(=O)(O)O)[C@@H](O)[C@H](O)C4O)C([C@H](O)[C@H](O)CO)O3)C(O)C2O)c(=O)n1. The number of aliphatic hydroxyl groups excluding tert-OH is 9. The normalized spacial score (nSPS) is 35.5. The van der Waals surface area contributed by atoms with E-state index in [-0.39, 0.29) is 5.82 Å². The number of aromatic nitrogens is 2. The maximum Gasteiger partial charge on any atom is 0.475 e. The van der Waals surface area contributed by atoms with Gasteiger partial charge in [0.05, 0.1) is 51.0 Å². The first kappa shape index (κ1) is 49.5. The molecule has 16 atom stereocenters. The van der Waals surface area contributed by atoms with Crippen molar-refractivity contribution in [2.24, 2.45) is 0 Å². The first-order valence-corrected chi connectivity index (χ1v) is 20.4. The van der Waals surface area contributed by atoms with Gasteiger partial charge in [-0.15, -0.1) is 0 Å². The second-order valence-corrected chi connectivity index (χ2v) is 16.3. The number of ether oxygens (including phenoxy) is 3. The van der Waals surface area contributed by atoms with Crippen LogP contribution in [0, 0.1) is 0 Å². The van der Waals surface area contributed by atoms with Crippen LogP contribution in [-0.2, 0) is 51.3 Å². The van der Waals surface area contributed by atoms with Gasteiger partial charge in [0.15, 0.2) is 6.23 Å². The first-order chi connectivity index (χ1) is 27.8. The number of aliphatic carboxylic acids is 1. The Morgan fingerprint density at radius 1 is 0.933 bits per heavy atom. The summed E-state index contributed by atoms with van der Waals surface area (Å²) in [7, 11) is -10.8. The molecule has 342 valence electrons. The van der Waals surface area contributed by atoms with Crippen molar-refractivity contribution in [2.45, 2.75) is 104 Å². The Hall–Kier alpha value is -3.17. The minimum absolute atomic E-state index is 0.188. The predicted octanol–water partition coefficient (Wildman–Crippen LogP) is -8.83. The minimum Gasteiger partial charge on any atom is -0.477 e. The molecule has 0 bridgehead atoms. The van der Waals surface area contributed by atoms with E-state index in [1.165, 1.54) is 0 Å². The molecule has 3 aliphatic heterocycles. The molecule has 3 saturated heterocycles. The molecule has 0 aromatic carbocycles. The van der Waals surface area contributed by atoms with Crippen LogP contribution in [0.25, 0.3) is 0 Å². The quantitative estimate of drug-likeness (QED) is 0.0608. The van der Waals surface area contributed by atoms with E-state index in [0.29, 0.717) is 0 Å². The van der Waals surface area contributed by atoms with E-state index in [1.54, 1.807) is 0 Å². The Morgan fingerprint density at radius 3 is 2.13 bits per heavy atom. The maximum absolute atomic E-state index is 13.1. The number of hydrogen-bond donors (Lipinski definition) is 16. The van der Waals surface area contributed by atoms with Gasteiger partial charge in [-0.3, -0.25) is 23.2 Å². The molecule has 60 heavy (non-hydrogen) atoms. The van der Waals surface area contributed by atoms with Gasteiger partial charge in [0.2, 0.25) is 11.8 Å². The number of carbonyl (C=O) groups excluding carboxylic acids is 2. The number of phosphoric acid groups is 2. The van der Waals surface area contributed by atoms with Gasteiger partial charge in [-0.05, 0) is 6.07 Å². The van der Waals surface area contributed by atoms with Gasteiger partial charge in [0, 0.05) is 12.6 Å². The molecule has 4 rings (SSSR count). The van der Waals surface area contributed by atoms with Crippen molar-refractivity contribution in [3.63, 3.8) is 0 Å². The Morgan fingerprint density at radius 2 is 1.53 bits per heavy atom. The van der Waals surface area contributed by atoms with Gasteiger partial charge < -0.3 is 96.3 Å². The fraction of sp³-hybridized carbons (Fsp3) is 0.750. The second kappa shape index (κ2) is 19.9. The molecule has 11 unspecified atom stereocenters. The number of carboxylic acid groups (broad SMARTS) is 1. The Bertz CT molecular complexity index is 1840. The van der Waals surface area contributed by atoms with Crippen molar-refractivity contribution < 1.29 is 117 Å². The summed E-state index contributed by atoms with van der Waals surface area (Å²) in [6, 6.07) is -0.785. The predicted molar refractivity (Wildman–Crippen MR) is 185 cm³/mol. The first-order valence-electron chi connectivity index (χ1n) is 17.4. The Labute approximate surface area is 335 Å². The van der Waals surface area contributed by atoms with E-state index in [9.17, 15) is 84.3 Å². The number of aliphatic hydroxyl groups is 9. The minimum atomic E-state index is -5.73. The second-order valence-electron chi connectivity index (χ2n) is 13.6. The third-order valence-corrected chi connectivity index (χ3v) is 10.8. The van der Waals surface area contributed by atoms with Crippen LogP contribution in [0.3, 0.4) is 0 Å². The highest BCUT2D eigenvalue weighted by Crippen LogP contribution is 2.51. The highest BCUT2D eigenvalue weighted by atomic mass is 31.2. The fourth-order valence-electron chi connectivity index (χ4n) is 6.26. The van der Waals surface area contributed by atoms with E-state index in [2.05, 4.69) is 20.1 Å². The van der Waals surface area contributed by atoms with Crippen LogP contribution in [0.5, 0.6) is 0 Å². The van der Waals surface area contributed by atoms with Gasteiger partial charge in [0.25, 0.3) is 5.79 Å². The lowest BCUT2D eigenvalue weighted by Crippen LogP contribution is -2.68. The number of anilines is 1. The number of rotatable bonds is 18. The van der Waals surface area contributed by atoms with Crippen molar-refractivity contribution >= 4 is 39.2 Å². The molecule has 30 nitrogen and oxygen atoms in total. The Kier molecular flexibility index (Phi) is 16.4. The zero-order valence-electron chi connectivity index (χ0n) is 30.6. The molecular formula is C28H45N5O25P2. The largest absolute Gasteiger partial charge is 0.477 e. The molecular weight excluding hydrogens is 868 g/mol. The third-order valence-electron chi connectivity index (χ3n) is 9.32. The lowest BCUT2D eigenvalue weighted by molar-refractivity contribution is -0.289. The van der Waals surface area contributed by atoms with E-state index >= 15 is 0 Å². The average Bonchev–Trinajstić information content (AvgIpc) is 3.44. The van der Waals surface area contributed by atoms with Gasteiger partial charge in [-0.1, -0.05) is 0 Å². The molecule has 2 amide bonds. The number of carboxylic acids is 1. The monoisotopic (exact) mass is 913 g/mol. The topological polar surface area (TPSA) is 489 Å². The summed E-state index contributed by atoms with van der Waals surface area (Å²) in [4.78, 5) is 82.1. The lowest BCUT2D eigenvalue weighted by Gasteiger charge is -2.46. The molecule has 1 aromatic rings. The summed E-state index contributed by atoms with van der Waals surface area (Å²) in [6.45, 7) is -4.31. The highest BCUT2D eigenvalue weighted by molar-refractivity contribution is 7.47. The van der Waals surface area contributed by atoms with Crippen LogP contribution in [0.1, 0.15) is 19.1 Å². The molecule has 4 heterocycles. The number of carbonyl (C=O) groups is 3. The summed E-state index contributed by atoms with van der Waals surface area (Å²) in [6.07, 6.45) is -26.3. The highest BCUT2D eigenvalue weighted by Gasteiger charge is 2.59. The number of nitrogen functional groups attached to an aromatic ring is 1. The molecule has 17 N–H and O–H groups in total. The molecule has 32 heteroatoms. The van der Waals surface area contributed by atoms with Crippen molar-refractivity contribution in [3.8, 4) is 0 Å². The zero-order chi connectivity index (χ0) is 45.1. The molecule has 3 fully saturated rings. The summed E-state index contributed by atoms with van der Waals surface area (Å²) in [5.41, 5.74) is 4.42. The van der Waals surface area contributed by atoms with Crippen molar-refractivity contribution in [1.29, 1.82) is 0 Å². The van der Waals surface area contributed by atoms with Crippen LogP contribution in [0.4, 0.5) is 5.82 Å². The van der Waals surface area contributed by atoms with Gasteiger partial charge in [-0.25, -0.2) is 23.2 Å². The molecule has 1 aromatic heterocycles. The fourth-order valence-corrected chi connectivity index (χ4v) is 7.55. The van der Waals surface area contributed by atoms with Crippen LogP contribution < -0.4 is 22.1 Å². The van der Waals surface area contributed by atoms with Crippen LogP contribution >= 0.6 is 15.6 Å². The lowest BCUT2D eigenvalue weighted by atomic mass is 9.88. The van der Waals surface area contributed by atoms with Gasteiger partial charge in [-0.2, -0.15) is 4.98 Å². The number of nitrogens with one attached hydrogen (secondary N) is 2. The average molecular weight is 914 g/mol. The third kappa shape index (κ3) is 12.0. The van der Waals surface area contributed by atoms with Gasteiger partial charge >= 0.3 is 27.3 Å². The number of hydrogen-bond acceptors (Lipinski definition) is 23. The molecule has 3 aliphatic rings. The van der Waals surface area contributed by atoms with E-state index in [1.807, 2.05) is 0 Å². The number of nitrogens with two attached hydrogens (primary N) is 1. The van der Waals surface area contributed by atoms with Crippen LogP contribution in [-0.4, -0.2) is 205 Å². The molecule has 0 aliphatic carbocycles. The summed E-state index contributed by atoms with van der Waals surface area (Å²) < 4.78 is 54.7. The van der Waals surface area contributed by atoms with Crippen LogP contribution in [0.2, 0.25) is 0 Å². The molecule has 0 radical (unpaired) electrons. The van der Waals surface area contributed by atoms with Crippen molar-refractivity contribution in [1.82, 2.24) is 20.2 Å². The van der Waals surface area contributed by atoms with E-state index < -0.39 is 170 Å². The zero-order valence-corrected chi connectivity index (χ0v) is 32.3. The van der Waals surface area contributed by atoms with E-state index in [4.69, 9.17) is 38.8 Å². The summed E-state index contributed by atoms with van der Waals surface area (Å²) >= 11 is 0. The number of nitrogens with zero attached hydrogens (tertiary/aromatic N) is 2. The molecule has 0 saturated carbocycles. The van der Waals surface area contributed by atoms with Gasteiger partial charge in [0.1, 0.15) is 66.9 Å². The summed E-state index contributed by atoms with van der Waals surface area (Å²) in [5.74, 6) is -8.16. The molecule has 0 spiro atoms. The summed E-state index contributed by atoms with van der Waals surface area (Å²) in [5, 5.41) is 107. The standard InChI is InChI=1S/C28H45N5O25P2/c29-14-1-2-33(27(47)31-14)25-23(44)21(42)13(56-25)8-54-60(51,52)58-28(26(45)46)4-9(35)17(24(57-28)18(39)10(36)6-34)32-16(38)5-30-15(37)3-11-19(40)22(43)20(41)12(55-11)7-53-59(48,49)50/h1-2,9-13,17-25,34-36,39-44H,3-8H2,(H,30,37)(H,32,38)(H,45,46)(H,51,52)(H2,29,31,47)(H2,48,49,50)/t9?,10-,11+,12?,13?,17?,18-,19?,20-,21?,22-,23?,24?,25?,28?/m1/s1. The number of amides is 2. The maximum atomic E-state index is 13.1. The van der Waals surface area contributed by atoms with E-state index in [0.717, 1.165) is 16.8 Å². The van der Waals surface area contributed by atoms with Crippen molar-refractivity contribution in [3.05, 3.63) is 22.7 Å². The Balaban J connectivity index is 1.41. The smallest absolute Gasteiger partial charge is 0.475 e.